The lowest BCUT2D eigenvalue weighted by Gasteiger charge is -2.34. The number of ether oxygens (including phenoxy) is 1. The van der Waals surface area contributed by atoms with E-state index >= 15 is 0 Å². The van der Waals surface area contributed by atoms with Crippen LogP contribution >= 0.6 is 0 Å². The zero-order valence-corrected chi connectivity index (χ0v) is 13.4. The number of hydrogen-bond acceptors (Lipinski definition) is 4. The van der Waals surface area contributed by atoms with Crippen LogP contribution in [0.4, 0.5) is 10.5 Å². The first-order chi connectivity index (χ1) is 10.3. The first-order valence-electron chi connectivity index (χ1n) is 7.57. The van der Waals surface area contributed by atoms with Crippen molar-refractivity contribution in [3.8, 4) is 6.07 Å². The van der Waals surface area contributed by atoms with E-state index in [0.29, 0.717) is 24.3 Å². The number of carbonyl (C=O) groups is 1. The van der Waals surface area contributed by atoms with Gasteiger partial charge in [0, 0.05) is 24.7 Å². The number of benzene rings is 1. The van der Waals surface area contributed by atoms with Crippen LogP contribution < -0.4 is 5.73 Å². The van der Waals surface area contributed by atoms with Gasteiger partial charge in [-0.3, -0.25) is 0 Å². The molecule has 0 aromatic heterocycles. The van der Waals surface area contributed by atoms with Gasteiger partial charge in [0.2, 0.25) is 0 Å². The number of nitriles is 1. The summed E-state index contributed by atoms with van der Waals surface area (Å²) in [4.78, 5) is 14.0. The van der Waals surface area contributed by atoms with Gasteiger partial charge in [-0.05, 0) is 51.3 Å². The molecule has 2 rings (SSSR count). The van der Waals surface area contributed by atoms with Crippen molar-refractivity contribution in [1.82, 2.24) is 4.90 Å². The molecule has 1 heterocycles. The van der Waals surface area contributed by atoms with E-state index in [4.69, 9.17) is 15.7 Å². The first kappa shape index (κ1) is 16.2. The molecule has 2 N–H and O–H groups in total. The van der Waals surface area contributed by atoms with E-state index in [1.807, 2.05) is 32.9 Å². The highest BCUT2D eigenvalue weighted by Gasteiger charge is 2.28. The van der Waals surface area contributed by atoms with Gasteiger partial charge in [-0.2, -0.15) is 5.26 Å². The SMILES string of the molecule is CC(C)(C)OC(=O)N1CCCC(c2ccc(N)c(C#N)c2)C1. The number of nitrogen functional groups attached to an aromatic ring is 1. The van der Waals surface area contributed by atoms with Crippen LogP contribution in [0.25, 0.3) is 0 Å². The highest BCUT2D eigenvalue weighted by molar-refractivity contribution is 5.68. The Hall–Kier alpha value is -2.22. The van der Waals surface area contributed by atoms with E-state index in [9.17, 15) is 4.79 Å². The number of anilines is 1. The van der Waals surface area contributed by atoms with E-state index in [1.165, 1.54) is 0 Å². The smallest absolute Gasteiger partial charge is 0.410 e. The Kier molecular flexibility index (Phi) is 4.60. The fourth-order valence-corrected chi connectivity index (χ4v) is 2.67. The topological polar surface area (TPSA) is 79.3 Å². The number of amides is 1. The van der Waals surface area contributed by atoms with Crippen molar-refractivity contribution in [2.75, 3.05) is 18.8 Å². The molecule has 0 bridgehead atoms. The average molecular weight is 301 g/mol. The molecule has 1 amide bonds. The zero-order chi connectivity index (χ0) is 16.3. The molecule has 5 heteroatoms. The standard InChI is InChI=1S/C17H23N3O2/c1-17(2,3)22-16(21)20-8-4-5-13(11-20)12-6-7-15(19)14(9-12)10-18/h6-7,9,13H,4-5,8,11,19H2,1-3H3. The third-order valence-electron chi connectivity index (χ3n) is 3.74. The molecule has 1 aliphatic heterocycles. The van der Waals surface area contributed by atoms with Crippen LogP contribution in [-0.4, -0.2) is 29.7 Å². The molecule has 0 radical (unpaired) electrons. The molecule has 5 nitrogen and oxygen atoms in total. The van der Waals surface area contributed by atoms with Crippen molar-refractivity contribution >= 4 is 11.8 Å². The van der Waals surface area contributed by atoms with E-state index in [2.05, 4.69) is 6.07 Å². The number of nitrogens with two attached hydrogens (primary N) is 1. The fraction of sp³-hybridized carbons (Fsp3) is 0.529. The lowest BCUT2D eigenvalue weighted by atomic mass is 9.89. The van der Waals surface area contributed by atoms with Crippen LogP contribution in [0, 0.1) is 11.3 Å². The Labute approximate surface area is 131 Å². The van der Waals surface area contributed by atoms with Crippen molar-refractivity contribution < 1.29 is 9.53 Å². The largest absolute Gasteiger partial charge is 0.444 e. The molecule has 1 atom stereocenters. The van der Waals surface area contributed by atoms with Gasteiger partial charge in [0.15, 0.2) is 0 Å². The lowest BCUT2D eigenvalue weighted by Crippen LogP contribution is -2.42. The average Bonchev–Trinajstić information content (AvgIpc) is 2.46. The van der Waals surface area contributed by atoms with Crippen LogP contribution in [0.3, 0.4) is 0 Å². The van der Waals surface area contributed by atoms with Gasteiger partial charge in [0.25, 0.3) is 0 Å². The number of likely N-dealkylation sites (tertiary alicyclic amines) is 1. The normalized spacial score (nSPS) is 18.6. The van der Waals surface area contributed by atoms with E-state index in [-0.39, 0.29) is 12.0 Å². The summed E-state index contributed by atoms with van der Waals surface area (Å²) < 4.78 is 5.44. The highest BCUT2D eigenvalue weighted by atomic mass is 16.6. The van der Waals surface area contributed by atoms with Crippen LogP contribution in [0.15, 0.2) is 18.2 Å². The van der Waals surface area contributed by atoms with Crippen LogP contribution in [-0.2, 0) is 4.74 Å². The quantitative estimate of drug-likeness (QED) is 0.807. The second kappa shape index (κ2) is 6.27. The van der Waals surface area contributed by atoms with Gasteiger partial charge < -0.3 is 15.4 Å². The molecule has 1 aliphatic rings. The van der Waals surface area contributed by atoms with Gasteiger partial charge in [-0.1, -0.05) is 6.07 Å². The minimum Gasteiger partial charge on any atom is -0.444 e. The number of hydrogen-bond donors (Lipinski definition) is 1. The maximum Gasteiger partial charge on any atom is 0.410 e. The zero-order valence-electron chi connectivity index (χ0n) is 13.4. The molecular weight excluding hydrogens is 278 g/mol. The van der Waals surface area contributed by atoms with Crippen molar-refractivity contribution in [2.24, 2.45) is 0 Å². The van der Waals surface area contributed by atoms with Gasteiger partial charge in [-0.15, -0.1) is 0 Å². The van der Waals surface area contributed by atoms with Crippen molar-refractivity contribution in [3.63, 3.8) is 0 Å². The lowest BCUT2D eigenvalue weighted by molar-refractivity contribution is 0.0198. The summed E-state index contributed by atoms with van der Waals surface area (Å²) in [5.74, 6) is 0.217. The van der Waals surface area contributed by atoms with E-state index < -0.39 is 5.60 Å². The third kappa shape index (κ3) is 3.91. The second-order valence-electron chi connectivity index (χ2n) is 6.72. The molecule has 1 aromatic rings. The Bertz CT molecular complexity index is 599. The molecule has 118 valence electrons. The van der Waals surface area contributed by atoms with Gasteiger partial charge in [-0.25, -0.2) is 4.79 Å². The van der Waals surface area contributed by atoms with Crippen LogP contribution in [0.5, 0.6) is 0 Å². The summed E-state index contributed by atoms with van der Waals surface area (Å²) in [5, 5.41) is 9.09. The maximum atomic E-state index is 12.2. The molecule has 1 aromatic carbocycles. The minimum atomic E-state index is -0.487. The Balaban J connectivity index is 2.11. The summed E-state index contributed by atoms with van der Waals surface area (Å²) >= 11 is 0. The monoisotopic (exact) mass is 301 g/mol. The Morgan fingerprint density at radius 2 is 2.18 bits per heavy atom. The maximum absolute atomic E-state index is 12.2. The predicted molar refractivity (Wildman–Crippen MR) is 85.4 cm³/mol. The molecule has 0 spiro atoms. The fourth-order valence-electron chi connectivity index (χ4n) is 2.67. The minimum absolute atomic E-state index is 0.217. The molecule has 22 heavy (non-hydrogen) atoms. The van der Waals surface area contributed by atoms with Crippen LogP contribution in [0.2, 0.25) is 0 Å². The van der Waals surface area contributed by atoms with Gasteiger partial charge in [0.05, 0.1) is 5.56 Å². The molecular formula is C17H23N3O2. The van der Waals surface area contributed by atoms with Crippen LogP contribution in [0.1, 0.15) is 50.7 Å². The van der Waals surface area contributed by atoms with Crippen molar-refractivity contribution in [1.29, 1.82) is 5.26 Å². The predicted octanol–water partition coefficient (Wildman–Crippen LogP) is 3.25. The summed E-state index contributed by atoms with van der Waals surface area (Å²) in [6.07, 6.45) is 1.65. The van der Waals surface area contributed by atoms with Crippen molar-refractivity contribution in [3.05, 3.63) is 29.3 Å². The van der Waals surface area contributed by atoms with Gasteiger partial charge in [0.1, 0.15) is 11.7 Å². The number of nitrogens with zero attached hydrogens (tertiary/aromatic N) is 2. The Morgan fingerprint density at radius 1 is 1.45 bits per heavy atom. The number of piperidine rings is 1. The molecule has 0 saturated carbocycles. The first-order valence-corrected chi connectivity index (χ1v) is 7.57. The Morgan fingerprint density at radius 3 is 2.82 bits per heavy atom. The second-order valence-corrected chi connectivity index (χ2v) is 6.72. The summed E-state index contributed by atoms with van der Waals surface area (Å²) in [5.41, 5.74) is 7.32. The number of rotatable bonds is 1. The number of carbonyl (C=O) groups excluding carboxylic acids is 1. The summed E-state index contributed by atoms with van der Waals surface area (Å²) in [6, 6.07) is 7.65. The van der Waals surface area contributed by atoms with Crippen molar-refractivity contribution in [2.45, 2.75) is 45.1 Å². The summed E-state index contributed by atoms with van der Waals surface area (Å²) in [6.45, 7) is 6.93. The van der Waals surface area contributed by atoms with E-state index in [1.54, 1.807) is 11.0 Å². The molecule has 0 aliphatic carbocycles. The molecule has 1 fully saturated rings. The van der Waals surface area contributed by atoms with E-state index in [0.717, 1.165) is 18.4 Å². The van der Waals surface area contributed by atoms with Gasteiger partial charge >= 0.3 is 6.09 Å². The highest BCUT2D eigenvalue weighted by Crippen LogP contribution is 2.29. The third-order valence-corrected chi connectivity index (χ3v) is 3.74. The molecule has 1 unspecified atom stereocenters. The molecule has 1 saturated heterocycles. The summed E-state index contributed by atoms with van der Waals surface area (Å²) in [7, 11) is 0.